The minimum absolute atomic E-state index is 0.0235. The molecule has 0 radical (unpaired) electrons. The molecule has 3 rings (SSSR count). The predicted octanol–water partition coefficient (Wildman–Crippen LogP) is 3.61. The number of carbonyl (C=O) groups is 1. The number of hydrogen-bond acceptors (Lipinski definition) is 5. The molecule has 0 aliphatic heterocycles. The van der Waals surface area contributed by atoms with Crippen LogP contribution < -0.4 is 5.73 Å². The van der Waals surface area contributed by atoms with Gasteiger partial charge in [-0.05, 0) is 47.4 Å². The lowest BCUT2D eigenvalue weighted by Gasteiger charge is -2.04. The molecule has 0 spiro atoms. The van der Waals surface area contributed by atoms with Gasteiger partial charge in [-0.25, -0.2) is 0 Å². The summed E-state index contributed by atoms with van der Waals surface area (Å²) in [6, 6.07) is 19.7. The van der Waals surface area contributed by atoms with Crippen molar-refractivity contribution in [3.05, 3.63) is 89.5 Å². The van der Waals surface area contributed by atoms with Gasteiger partial charge in [-0.2, -0.15) is 0 Å². The first-order valence-corrected chi connectivity index (χ1v) is 8.86. The molecule has 6 N–H and O–H groups in total. The third-order valence-electron chi connectivity index (χ3n) is 3.90. The van der Waals surface area contributed by atoms with Gasteiger partial charge in [-0.1, -0.05) is 54.6 Å². The average Bonchev–Trinajstić information content (AvgIpc) is 2.68. The van der Waals surface area contributed by atoms with Gasteiger partial charge in [0.25, 0.3) is 0 Å². The van der Waals surface area contributed by atoms with Crippen LogP contribution in [0.15, 0.2) is 72.8 Å². The van der Waals surface area contributed by atoms with Gasteiger partial charge in [0, 0.05) is 6.07 Å². The summed E-state index contributed by atoms with van der Waals surface area (Å²) in [5.41, 5.74) is 7.93. The molecule has 29 heavy (non-hydrogen) atoms. The van der Waals surface area contributed by atoms with Gasteiger partial charge >= 0.3 is 5.97 Å². The molecule has 0 saturated heterocycles. The maximum absolute atomic E-state index is 10.4. The maximum Gasteiger partial charge on any atom is 0.320 e. The number of aliphatic carboxylic acids is 1. The van der Waals surface area contributed by atoms with Crippen LogP contribution in [0.3, 0.4) is 0 Å². The topological polar surface area (TPSA) is 124 Å². The van der Waals surface area contributed by atoms with Crippen molar-refractivity contribution >= 4 is 18.1 Å². The molecule has 6 heteroatoms. The molecule has 1 unspecified atom stereocenters. The summed E-state index contributed by atoms with van der Waals surface area (Å²) in [5.74, 6) is -0.693. The Hall–Kier alpha value is -3.77. The summed E-state index contributed by atoms with van der Waals surface area (Å²) >= 11 is 0. The second-order valence-corrected chi connectivity index (χ2v) is 6.34. The predicted molar refractivity (Wildman–Crippen MR) is 113 cm³/mol. The SMILES string of the molecule is NC(Cc1ccccc1)C(=O)O.Oc1ccc(/C=C/c2cc(O)cc(O)c2)cc1. The Bertz CT molecular complexity index is 933. The average molecular weight is 393 g/mol. The van der Waals surface area contributed by atoms with Crippen molar-refractivity contribution in [2.45, 2.75) is 12.5 Å². The number of nitrogens with two attached hydrogens (primary N) is 1. The summed E-state index contributed by atoms with van der Waals surface area (Å²) < 4.78 is 0. The number of aromatic hydroxyl groups is 3. The van der Waals surface area contributed by atoms with E-state index in [1.807, 2.05) is 36.4 Å². The van der Waals surface area contributed by atoms with Crippen molar-refractivity contribution in [1.29, 1.82) is 0 Å². The third-order valence-corrected chi connectivity index (χ3v) is 3.90. The highest BCUT2D eigenvalue weighted by atomic mass is 16.4. The molecule has 0 heterocycles. The van der Waals surface area contributed by atoms with Crippen LogP contribution in [0.4, 0.5) is 0 Å². The number of carboxylic acid groups (broad SMARTS) is 1. The molecule has 3 aromatic rings. The van der Waals surface area contributed by atoms with Crippen LogP contribution >= 0.6 is 0 Å². The van der Waals surface area contributed by atoms with Crippen molar-refractivity contribution in [3.63, 3.8) is 0 Å². The van der Waals surface area contributed by atoms with Crippen molar-refractivity contribution in [2.75, 3.05) is 0 Å². The second kappa shape index (κ2) is 10.5. The molecular weight excluding hydrogens is 370 g/mol. The number of phenols is 3. The van der Waals surface area contributed by atoms with Gasteiger partial charge in [-0.3, -0.25) is 4.79 Å². The highest BCUT2D eigenvalue weighted by Crippen LogP contribution is 2.22. The lowest BCUT2D eigenvalue weighted by Crippen LogP contribution is -2.32. The van der Waals surface area contributed by atoms with Crippen LogP contribution in [-0.2, 0) is 11.2 Å². The minimum atomic E-state index is -0.959. The Morgan fingerprint density at radius 2 is 1.34 bits per heavy atom. The minimum Gasteiger partial charge on any atom is -0.508 e. The molecule has 0 fully saturated rings. The fourth-order valence-corrected chi connectivity index (χ4v) is 2.45. The van der Waals surface area contributed by atoms with E-state index in [-0.39, 0.29) is 17.2 Å². The van der Waals surface area contributed by atoms with Gasteiger partial charge < -0.3 is 26.2 Å². The van der Waals surface area contributed by atoms with E-state index in [1.54, 1.807) is 42.5 Å². The number of phenolic OH excluding ortho intramolecular Hbond substituents is 3. The molecule has 0 saturated carbocycles. The standard InChI is InChI=1S/C14H12O3.C9H11NO2/c15-12-5-3-10(4-6-12)1-2-11-7-13(16)9-14(17)8-11;10-8(9(11)12)6-7-4-2-1-3-5-7/h1-9,15-17H;1-5,8H,6,10H2,(H,11,12)/b2-1+;. The van der Waals surface area contributed by atoms with Crippen molar-refractivity contribution < 1.29 is 25.2 Å². The molecule has 0 aliphatic carbocycles. The van der Waals surface area contributed by atoms with Crippen molar-refractivity contribution in [3.8, 4) is 17.2 Å². The lowest BCUT2D eigenvalue weighted by atomic mass is 10.1. The molecular formula is C23H23NO5. The number of carboxylic acids is 1. The summed E-state index contributed by atoms with van der Waals surface area (Å²) in [4.78, 5) is 10.4. The molecule has 3 aromatic carbocycles. The van der Waals surface area contributed by atoms with E-state index in [0.717, 1.165) is 11.1 Å². The van der Waals surface area contributed by atoms with E-state index in [2.05, 4.69) is 0 Å². The van der Waals surface area contributed by atoms with Crippen LogP contribution in [0.5, 0.6) is 17.2 Å². The van der Waals surface area contributed by atoms with Crippen molar-refractivity contribution in [2.24, 2.45) is 5.73 Å². The largest absolute Gasteiger partial charge is 0.508 e. The smallest absolute Gasteiger partial charge is 0.320 e. The third kappa shape index (κ3) is 7.78. The Kier molecular flexibility index (Phi) is 7.82. The van der Waals surface area contributed by atoms with Crippen molar-refractivity contribution in [1.82, 2.24) is 0 Å². The summed E-state index contributed by atoms with van der Waals surface area (Å²) in [5, 5.41) is 36.2. The zero-order chi connectivity index (χ0) is 21.2. The monoisotopic (exact) mass is 393 g/mol. The first-order chi connectivity index (χ1) is 13.8. The van der Waals surface area contributed by atoms with Crippen LogP contribution in [-0.4, -0.2) is 32.4 Å². The molecule has 1 atom stereocenters. The van der Waals surface area contributed by atoms with Gasteiger partial charge in [0.1, 0.15) is 23.3 Å². The van der Waals surface area contributed by atoms with Crippen LogP contribution in [0.25, 0.3) is 12.2 Å². The van der Waals surface area contributed by atoms with Crippen LogP contribution in [0.2, 0.25) is 0 Å². The zero-order valence-electron chi connectivity index (χ0n) is 15.6. The lowest BCUT2D eigenvalue weighted by molar-refractivity contribution is -0.138. The second-order valence-electron chi connectivity index (χ2n) is 6.34. The highest BCUT2D eigenvalue weighted by Gasteiger charge is 2.10. The maximum atomic E-state index is 10.4. The van der Waals surface area contributed by atoms with E-state index in [4.69, 9.17) is 15.9 Å². The zero-order valence-corrected chi connectivity index (χ0v) is 15.6. The first kappa shape index (κ1) is 21.5. The summed E-state index contributed by atoms with van der Waals surface area (Å²) in [6.07, 6.45) is 3.98. The summed E-state index contributed by atoms with van der Waals surface area (Å²) in [7, 11) is 0. The molecule has 150 valence electrons. The van der Waals surface area contributed by atoms with E-state index >= 15 is 0 Å². The van der Waals surface area contributed by atoms with Crippen LogP contribution in [0, 0.1) is 0 Å². The number of rotatable bonds is 5. The Labute approximate surface area is 168 Å². The number of hydrogen-bond donors (Lipinski definition) is 5. The molecule has 0 aliphatic rings. The van der Waals surface area contributed by atoms with Crippen LogP contribution in [0.1, 0.15) is 16.7 Å². The molecule has 6 nitrogen and oxygen atoms in total. The summed E-state index contributed by atoms with van der Waals surface area (Å²) in [6.45, 7) is 0. The fourth-order valence-electron chi connectivity index (χ4n) is 2.45. The van der Waals surface area contributed by atoms with Gasteiger partial charge in [0.2, 0.25) is 0 Å². The van der Waals surface area contributed by atoms with E-state index < -0.39 is 12.0 Å². The van der Waals surface area contributed by atoms with E-state index in [9.17, 15) is 15.0 Å². The van der Waals surface area contributed by atoms with Gasteiger partial charge in [0.15, 0.2) is 0 Å². The Morgan fingerprint density at radius 1 is 0.793 bits per heavy atom. The fraction of sp³-hybridized carbons (Fsp3) is 0.0870. The Balaban J connectivity index is 0.000000221. The molecule has 0 aromatic heterocycles. The van der Waals surface area contributed by atoms with E-state index in [0.29, 0.717) is 12.0 Å². The normalized spacial score (nSPS) is 11.5. The molecule has 0 bridgehead atoms. The first-order valence-electron chi connectivity index (χ1n) is 8.86. The van der Waals surface area contributed by atoms with E-state index in [1.165, 1.54) is 6.07 Å². The van der Waals surface area contributed by atoms with Gasteiger partial charge in [0.05, 0.1) is 0 Å². The highest BCUT2D eigenvalue weighted by molar-refractivity contribution is 5.73. The Morgan fingerprint density at radius 3 is 1.90 bits per heavy atom. The number of benzene rings is 3. The van der Waals surface area contributed by atoms with Gasteiger partial charge in [-0.15, -0.1) is 0 Å². The quantitative estimate of drug-likeness (QED) is 0.422. The molecule has 0 amide bonds.